The molecule has 0 amide bonds. The van der Waals surface area contributed by atoms with Gasteiger partial charge in [0.2, 0.25) is 0 Å². The third-order valence-electron chi connectivity index (χ3n) is 7.09. The van der Waals surface area contributed by atoms with Gasteiger partial charge in [0.05, 0.1) is 0 Å². The van der Waals surface area contributed by atoms with E-state index in [0.29, 0.717) is 5.92 Å². The van der Waals surface area contributed by atoms with Crippen LogP contribution < -0.4 is 0 Å². The van der Waals surface area contributed by atoms with Gasteiger partial charge in [0.25, 0.3) is 0 Å². The minimum atomic E-state index is -0.568. The fourth-order valence-corrected chi connectivity index (χ4v) is 6.34. The zero-order valence-electron chi connectivity index (χ0n) is 12.9. The van der Waals surface area contributed by atoms with Gasteiger partial charge >= 0.3 is 0 Å². The summed E-state index contributed by atoms with van der Waals surface area (Å²) in [5.41, 5.74) is 0.0106. The maximum Gasteiger partial charge on any atom is 0.159 e. The Morgan fingerprint density at radius 1 is 1.16 bits per heavy atom. The average molecular weight is 266 g/mol. The van der Waals surface area contributed by atoms with E-state index in [2.05, 4.69) is 20.8 Å². The Bertz CT molecular complexity index is 342. The van der Waals surface area contributed by atoms with Gasteiger partial charge < -0.3 is 9.84 Å². The van der Waals surface area contributed by atoms with Gasteiger partial charge in [-0.05, 0) is 54.8 Å². The number of hydrogen-bond donors (Lipinski definition) is 1. The lowest BCUT2D eigenvalue weighted by Gasteiger charge is -2.44. The second-order valence-electron chi connectivity index (χ2n) is 7.63. The van der Waals surface area contributed by atoms with Gasteiger partial charge in [-0.2, -0.15) is 0 Å². The number of fused-ring (bicyclic) bond motifs is 5. The van der Waals surface area contributed by atoms with Crippen LogP contribution in [0.3, 0.4) is 0 Å². The highest BCUT2D eigenvalue weighted by Crippen LogP contribution is 2.69. The number of aliphatic hydroxyl groups is 1. The highest BCUT2D eigenvalue weighted by molar-refractivity contribution is 5.12. The van der Waals surface area contributed by atoms with E-state index >= 15 is 0 Å². The van der Waals surface area contributed by atoms with E-state index in [1.807, 2.05) is 0 Å². The molecule has 1 N–H and O–H groups in total. The van der Waals surface area contributed by atoms with Gasteiger partial charge in [-0.15, -0.1) is 0 Å². The Kier molecular flexibility index (Phi) is 3.46. The predicted molar refractivity (Wildman–Crippen MR) is 76.5 cm³/mol. The van der Waals surface area contributed by atoms with Gasteiger partial charge in [-0.3, -0.25) is 0 Å². The van der Waals surface area contributed by atoms with Crippen molar-refractivity contribution in [2.24, 2.45) is 40.9 Å². The lowest BCUT2D eigenvalue weighted by atomic mass is 9.63. The standard InChI is InChI=1S/C17H30O2/c1-5-10-7-11(6-2)15-13-8-12(14(10)15)9-17(13,3)16(18)19-4/h10-16,18H,5-9H2,1-4H3. The lowest BCUT2D eigenvalue weighted by molar-refractivity contribution is -0.182. The Morgan fingerprint density at radius 3 is 2.37 bits per heavy atom. The van der Waals surface area contributed by atoms with Crippen LogP contribution in [0, 0.1) is 40.9 Å². The molecule has 0 aromatic carbocycles. The summed E-state index contributed by atoms with van der Waals surface area (Å²) in [6.45, 7) is 7.00. The van der Waals surface area contributed by atoms with Gasteiger partial charge in [0.15, 0.2) is 6.29 Å². The molecule has 8 atom stereocenters. The van der Waals surface area contributed by atoms with Crippen molar-refractivity contribution in [2.45, 2.75) is 59.2 Å². The number of methoxy groups -OCH3 is 1. The first kappa shape index (κ1) is 13.9. The topological polar surface area (TPSA) is 29.5 Å². The summed E-state index contributed by atoms with van der Waals surface area (Å²) < 4.78 is 5.32. The molecule has 3 aliphatic rings. The van der Waals surface area contributed by atoms with E-state index in [4.69, 9.17) is 4.74 Å². The van der Waals surface area contributed by atoms with E-state index in [1.165, 1.54) is 32.1 Å². The largest absolute Gasteiger partial charge is 0.367 e. The molecule has 3 fully saturated rings. The van der Waals surface area contributed by atoms with Crippen molar-refractivity contribution in [1.29, 1.82) is 0 Å². The quantitative estimate of drug-likeness (QED) is 0.786. The third kappa shape index (κ3) is 1.75. The van der Waals surface area contributed by atoms with Crippen LogP contribution in [0.1, 0.15) is 52.9 Å². The highest BCUT2D eigenvalue weighted by atomic mass is 16.6. The van der Waals surface area contributed by atoms with Crippen LogP contribution in [0.15, 0.2) is 0 Å². The molecular formula is C17H30O2. The molecule has 3 rings (SSSR count). The number of ether oxygens (including phenoxy) is 1. The van der Waals surface area contributed by atoms with E-state index < -0.39 is 6.29 Å². The van der Waals surface area contributed by atoms with Gasteiger partial charge in [0.1, 0.15) is 0 Å². The van der Waals surface area contributed by atoms with E-state index in [1.54, 1.807) is 7.11 Å². The second-order valence-corrected chi connectivity index (χ2v) is 7.63. The summed E-state index contributed by atoms with van der Waals surface area (Å²) >= 11 is 0. The number of aliphatic hydroxyl groups excluding tert-OH is 1. The minimum Gasteiger partial charge on any atom is -0.367 e. The Balaban J connectivity index is 1.88. The summed E-state index contributed by atoms with van der Waals surface area (Å²) in [4.78, 5) is 0. The molecule has 0 aromatic rings. The van der Waals surface area contributed by atoms with Gasteiger partial charge in [0, 0.05) is 12.5 Å². The summed E-state index contributed by atoms with van der Waals surface area (Å²) in [6.07, 6.45) is 6.07. The van der Waals surface area contributed by atoms with Crippen LogP contribution in [-0.4, -0.2) is 18.5 Å². The molecule has 0 aliphatic heterocycles. The van der Waals surface area contributed by atoms with Crippen molar-refractivity contribution in [3.8, 4) is 0 Å². The van der Waals surface area contributed by atoms with Crippen LogP contribution in [0.5, 0.6) is 0 Å². The molecule has 0 radical (unpaired) electrons. The molecule has 2 heteroatoms. The summed E-state index contributed by atoms with van der Waals surface area (Å²) in [6, 6.07) is 0. The normalized spacial score (nSPS) is 53.5. The maximum absolute atomic E-state index is 10.3. The predicted octanol–water partition coefficient (Wildman–Crippen LogP) is 3.69. The number of rotatable bonds is 4. The fourth-order valence-electron chi connectivity index (χ4n) is 6.34. The molecule has 3 aliphatic carbocycles. The fraction of sp³-hybridized carbons (Fsp3) is 1.00. The lowest BCUT2D eigenvalue weighted by Crippen LogP contribution is -2.44. The maximum atomic E-state index is 10.3. The molecule has 0 spiro atoms. The van der Waals surface area contributed by atoms with Gasteiger partial charge in [-0.25, -0.2) is 0 Å². The highest BCUT2D eigenvalue weighted by Gasteiger charge is 2.65. The molecule has 110 valence electrons. The van der Waals surface area contributed by atoms with Crippen molar-refractivity contribution in [3.05, 3.63) is 0 Å². The molecule has 2 nitrogen and oxygen atoms in total. The summed E-state index contributed by atoms with van der Waals surface area (Å²) in [7, 11) is 1.65. The first-order valence-electron chi connectivity index (χ1n) is 8.27. The minimum absolute atomic E-state index is 0.0106. The van der Waals surface area contributed by atoms with Crippen LogP contribution in [0.2, 0.25) is 0 Å². The van der Waals surface area contributed by atoms with E-state index in [0.717, 1.165) is 29.6 Å². The van der Waals surface area contributed by atoms with Crippen molar-refractivity contribution in [2.75, 3.05) is 7.11 Å². The summed E-state index contributed by atoms with van der Waals surface area (Å²) in [5, 5.41) is 10.3. The van der Waals surface area contributed by atoms with Crippen LogP contribution >= 0.6 is 0 Å². The first-order valence-corrected chi connectivity index (χ1v) is 8.27. The molecule has 0 heterocycles. The molecule has 2 bridgehead atoms. The second kappa shape index (κ2) is 4.73. The molecular weight excluding hydrogens is 236 g/mol. The van der Waals surface area contributed by atoms with Crippen LogP contribution in [0.4, 0.5) is 0 Å². The van der Waals surface area contributed by atoms with Crippen molar-refractivity contribution >= 4 is 0 Å². The first-order chi connectivity index (χ1) is 9.06. The summed E-state index contributed by atoms with van der Waals surface area (Å²) in [5.74, 6) is 5.22. The third-order valence-corrected chi connectivity index (χ3v) is 7.09. The van der Waals surface area contributed by atoms with Crippen LogP contribution in [0.25, 0.3) is 0 Å². The zero-order valence-corrected chi connectivity index (χ0v) is 12.9. The molecule has 0 aromatic heterocycles. The Hall–Kier alpha value is -0.0800. The molecule has 3 saturated carbocycles. The van der Waals surface area contributed by atoms with E-state index in [-0.39, 0.29) is 5.41 Å². The average Bonchev–Trinajstić information content (AvgIpc) is 3.05. The van der Waals surface area contributed by atoms with Crippen molar-refractivity contribution < 1.29 is 9.84 Å². The SMILES string of the molecule is CCC1CC(CC)C2C1C1CC2C(C)(C(O)OC)C1. The Labute approximate surface area is 117 Å². The van der Waals surface area contributed by atoms with Crippen molar-refractivity contribution in [3.63, 3.8) is 0 Å². The Morgan fingerprint density at radius 2 is 1.79 bits per heavy atom. The molecule has 0 saturated heterocycles. The number of hydrogen-bond acceptors (Lipinski definition) is 2. The van der Waals surface area contributed by atoms with Crippen LogP contribution in [-0.2, 0) is 4.74 Å². The van der Waals surface area contributed by atoms with Gasteiger partial charge in [-0.1, -0.05) is 33.6 Å². The van der Waals surface area contributed by atoms with E-state index in [9.17, 15) is 5.11 Å². The monoisotopic (exact) mass is 266 g/mol. The zero-order chi connectivity index (χ0) is 13.8. The molecule has 19 heavy (non-hydrogen) atoms. The smallest absolute Gasteiger partial charge is 0.159 e. The van der Waals surface area contributed by atoms with Crippen molar-refractivity contribution in [1.82, 2.24) is 0 Å². The molecule has 8 unspecified atom stereocenters.